The zero-order valence-corrected chi connectivity index (χ0v) is 7.01. The van der Waals surface area contributed by atoms with Crippen LogP contribution in [0.1, 0.15) is 6.42 Å². The number of carboxylic acid groups (broad SMARTS) is 1. The Morgan fingerprint density at radius 2 is 2.38 bits per heavy atom. The van der Waals surface area contributed by atoms with E-state index >= 15 is 0 Å². The maximum Gasteiger partial charge on any atom is 0.334 e. The smallest absolute Gasteiger partial charge is 0.334 e. The Hall–Kier alpha value is -1.14. The molecule has 74 valence electrons. The first-order valence-electron chi connectivity index (χ1n) is 3.95. The SMILES string of the molecule is NC1CC(=O)N(CC(O)C(=O)O)C1. The van der Waals surface area contributed by atoms with Crippen LogP contribution in [0.4, 0.5) is 0 Å². The number of carboxylic acids is 1. The summed E-state index contributed by atoms with van der Waals surface area (Å²) in [5.41, 5.74) is 5.48. The summed E-state index contributed by atoms with van der Waals surface area (Å²) in [6, 6.07) is -0.242. The average molecular weight is 188 g/mol. The number of aliphatic carboxylic acids is 1. The van der Waals surface area contributed by atoms with Crippen molar-refractivity contribution in [1.82, 2.24) is 4.90 Å². The highest BCUT2D eigenvalue weighted by atomic mass is 16.4. The fourth-order valence-corrected chi connectivity index (χ4v) is 1.27. The fourth-order valence-electron chi connectivity index (χ4n) is 1.27. The number of carbonyl (C=O) groups is 2. The Labute approximate surface area is 74.9 Å². The molecule has 0 aromatic rings. The lowest BCUT2D eigenvalue weighted by Crippen LogP contribution is -2.38. The molecule has 0 aliphatic carbocycles. The van der Waals surface area contributed by atoms with Crippen molar-refractivity contribution < 1.29 is 19.8 Å². The lowest BCUT2D eigenvalue weighted by molar-refractivity contribution is -0.148. The largest absolute Gasteiger partial charge is 0.479 e. The number of nitrogens with zero attached hydrogens (tertiary/aromatic N) is 1. The number of nitrogens with two attached hydrogens (primary N) is 1. The van der Waals surface area contributed by atoms with Gasteiger partial charge in [-0.2, -0.15) is 0 Å². The molecule has 13 heavy (non-hydrogen) atoms. The van der Waals surface area contributed by atoms with E-state index < -0.39 is 12.1 Å². The first-order valence-corrected chi connectivity index (χ1v) is 3.95. The third kappa shape index (κ3) is 2.40. The number of amides is 1. The van der Waals surface area contributed by atoms with Gasteiger partial charge in [-0.1, -0.05) is 0 Å². The number of likely N-dealkylation sites (tertiary alicyclic amines) is 1. The summed E-state index contributed by atoms with van der Waals surface area (Å²) in [5.74, 6) is -1.53. The Morgan fingerprint density at radius 3 is 2.77 bits per heavy atom. The van der Waals surface area contributed by atoms with E-state index in [0.29, 0.717) is 6.54 Å². The summed E-state index contributed by atoms with van der Waals surface area (Å²) in [6.45, 7) is 0.144. The molecular weight excluding hydrogens is 176 g/mol. The van der Waals surface area contributed by atoms with Gasteiger partial charge >= 0.3 is 5.97 Å². The van der Waals surface area contributed by atoms with Crippen LogP contribution in [-0.4, -0.2) is 52.2 Å². The van der Waals surface area contributed by atoms with Crippen LogP contribution in [0.3, 0.4) is 0 Å². The van der Waals surface area contributed by atoms with Crippen LogP contribution >= 0.6 is 0 Å². The van der Waals surface area contributed by atoms with E-state index in [9.17, 15) is 9.59 Å². The molecule has 0 bridgehead atoms. The van der Waals surface area contributed by atoms with Crippen LogP contribution in [-0.2, 0) is 9.59 Å². The van der Waals surface area contributed by atoms with Gasteiger partial charge in [0.05, 0.1) is 6.54 Å². The Balaban J connectivity index is 2.46. The summed E-state index contributed by atoms with van der Waals surface area (Å²) in [6.07, 6.45) is -1.29. The van der Waals surface area contributed by atoms with Gasteiger partial charge in [-0.3, -0.25) is 4.79 Å². The van der Waals surface area contributed by atoms with Gasteiger partial charge in [0, 0.05) is 19.0 Å². The highest BCUT2D eigenvalue weighted by Gasteiger charge is 2.29. The van der Waals surface area contributed by atoms with Gasteiger partial charge in [-0.05, 0) is 0 Å². The van der Waals surface area contributed by atoms with Crippen LogP contribution in [0.15, 0.2) is 0 Å². The number of hydrogen-bond donors (Lipinski definition) is 3. The number of carbonyl (C=O) groups excluding carboxylic acids is 1. The minimum absolute atomic E-state index is 0.179. The van der Waals surface area contributed by atoms with Gasteiger partial charge in [-0.15, -0.1) is 0 Å². The fraction of sp³-hybridized carbons (Fsp3) is 0.714. The van der Waals surface area contributed by atoms with Gasteiger partial charge in [0.15, 0.2) is 6.10 Å². The molecule has 2 atom stereocenters. The van der Waals surface area contributed by atoms with Gasteiger partial charge in [0.2, 0.25) is 5.91 Å². The Morgan fingerprint density at radius 1 is 1.77 bits per heavy atom. The van der Waals surface area contributed by atoms with Crippen LogP contribution in [0.25, 0.3) is 0 Å². The third-order valence-corrected chi connectivity index (χ3v) is 1.92. The molecule has 1 fully saturated rings. The summed E-state index contributed by atoms with van der Waals surface area (Å²) < 4.78 is 0. The summed E-state index contributed by atoms with van der Waals surface area (Å²) in [7, 11) is 0. The maximum atomic E-state index is 11.1. The second-order valence-electron chi connectivity index (χ2n) is 3.12. The monoisotopic (exact) mass is 188 g/mol. The molecule has 1 saturated heterocycles. The zero-order valence-electron chi connectivity index (χ0n) is 7.01. The minimum Gasteiger partial charge on any atom is -0.479 e. The van der Waals surface area contributed by atoms with Crippen LogP contribution in [0.2, 0.25) is 0 Å². The molecule has 6 heteroatoms. The van der Waals surface area contributed by atoms with Gasteiger partial charge in [-0.25, -0.2) is 4.79 Å². The topological polar surface area (TPSA) is 104 Å². The van der Waals surface area contributed by atoms with Crippen molar-refractivity contribution in [2.45, 2.75) is 18.6 Å². The Bertz CT molecular complexity index is 231. The van der Waals surface area contributed by atoms with Crippen molar-refractivity contribution in [1.29, 1.82) is 0 Å². The predicted molar refractivity (Wildman–Crippen MR) is 42.8 cm³/mol. The number of hydrogen-bond acceptors (Lipinski definition) is 4. The highest BCUT2D eigenvalue weighted by Crippen LogP contribution is 2.09. The van der Waals surface area contributed by atoms with Crippen molar-refractivity contribution in [2.24, 2.45) is 5.73 Å². The number of aliphatic hydroxyl groups excluding tert-OH is 1. The summed E-state index contributed by atoms with van der Waals surface area (Å²) >= 11 is 0. The van der Waals surface area contributed by atoms with E-state index in [-0.39, 0.29) is 24.9 Å². The first kappa shape index (κ1) is 9.94. The lowest BCUT2D eigenvalue weighted by atomic mass is 10.3. The molecule has 1 aliphatic heterocycles. The Kier molecular flexibility index (Phi) is 2.84. The van der Waals surface area contributed by atoms with Gasteiger partial charge < -0.3 is 20.8 Å². The van der Waals surface area contributed by atoms with E-state index in [0.717, 1.165) is 0 Å². The zero-order chi connectivity index (χ0) is 10.0. The average Bonchev–Trinajstić information content (AvgIpc) is 2.30. The highest BCUT2D eigenvalue weighted by molar-refractivity contribution is 5.80. The third-order valence-electron chi connectivity index (χ3n) is 1.92. The number of aliphatic hydroxyl groups is 1. The van der Waals surface area contributed by atoms with Crippen molar-refractivity contribution in [3.8, 4) is 0 Å². The standard InChI is InChI=1S/C7H12N2O4/c8-4-1-6(11)9(2-4)3-5(10)7(12)13/h4-5,10H,1-3,8H2,(H,12,13). The molecule has 1 heterocycles. The molecule has 0 aromatic carbocycles. The predicted octanol–water partition coefficient (Wildman–Crippen LogP) is -2.01. The maximum absolute atomic E-state index is 11.1. The second-order valence-corrected chi connectivity index (χ2v) is 3.12. The molecule has 1 aliphatic rings. The molecule has 4 N–H and O–H groups in total. The second kappa shape index (κ2) is 3.71. The normalized spacial score (nSPS) is 24.9. The van der Waals surface area contributed by atoms with Crippen molar-refractivity contribution in [3.05, 3.63) is 0 Å². The first-order chi connectivity index (χ1) is 6.00. The van der Waals surface area contributed by atoms with Gasteiger partial charge in [0.1, 0.15) is 0 Å². The van der Waals surface area contributed by atoms with E-state index in [1.54, 1.807) is 0 Å². The van der Waals surface area contributed by atoms with Crippen molar-refractivity contribution >= 4 is 11.9 Å². The van der Waals surface area contributed by atoms with Crippen molar-refractivity contribution in [2.75, 3.05) is 13.1 Å². The molecule has 0 spiro atoms. The molecule has 2 unspecified atom stereocenters. The van der Waals surface area contributed by atoms with E-state index in [2.05, 4.69) is 0 Å². The number of β-amino-alcohol motifs (C(OH)–C–C–N with tert-alkyl or cyclic N) is 1. The van der Waals surface area contributed by atoms with Crippen LogP contribution < -0.4 is 5.73 Å². The molecular formula is C7H12N2O4. The molecule has 1 rings (SSSR count). The summed E-state index contributed by atoms with van der Waals surface area (Å²) in [4.78, 5) is 22.6. The molecule has 0 radical (unpaired) electrons. The van der Waals surface area contributed by atoms with Crippen molar-refractivity contribution in [3.63, 3.8) is 0 Å². The molecule has 1 amide bonds. The minimum atomic E-state index is -1.52. The van der Waals surface area contributed by atoms with E-state index in [1.807, 2.05) is 0 Å². The molecule has 0 aromatic heterocycles. The molecule has 0 saturated carbocycles. The van der Waals surface area contributed by atoms with Crippen LogP contribution in [0, 0.1) is 0 Å². The number of rotatable bonds is 3. The molecule has 6 nitrogen and oxygen atoms in total. The quantitative estimate of drug-likeness (QED) is 0.475. The van der Waals surface area contributed by atoms with E-state index in [4.69, 9.17) is 15.9 Å². The lowest BCUT2D eigenvalue weighted by Gasteiger charge is -2.17. The van der Waals surface area contributed by atoms with Crippen LogP contribution in [0.5, 0.6) is 0 Å². The van der Waals surface area contributed by atoms with E-state index in [1.165, 1.54) is 4.90 Å². The summed E-state index contributed by atoms with van der Waals surface area (Å²) in [5, 5.41) is 17.3. The van der Waals surface area contributed by atoms with Gasteiger partial charge in [0.25, 0.3) is 0 Å².